The summed E-state index contributed by atoms with van der Waals surface area (Å²) in [6, 6.07) is 7.67. The van der Waals surface area contributed by atoms with E-state index in [1.165, 1.54) is 19.3 Å². The van der Waals surface area contributed by atoms with Crippen LogP contribution < -0.4 is 5.43 Å². The number of pyridine rings is 1. The van der Waals surface area contributed by atoms with Crippen molar-refractivity contribution in [3.8, 4) is 0 Å². The number of para-hydroxylation sites is 1. The molecular weight excluding hydrogens is 234 g/mol. The molecule has 0 spiro atoms. The molecule has 1 aromatic heterocycles. The molecule has 0 saturated carbocycles. The number of aromatic nitrogens is 1. The molecule has 2 rings (SSSR count). The molecule has 0 radical (unpaired) electrons. The van der Waals surface area contributed by atoms with Gasteiger partial charge in [0, 0.05) is 22.2 Å². The van der Waals surface area contributed by atoms with Gasteiger partial charge in [0.2, 0.25) is 0 Å². The minimum absolute atomic E-state index is 0.127. The van der Waals surface area contributed by atoms with Gasteiger partial charge in [0.25, 0.3) is 0 Å². The number of allylic oxidation sites excluding steroid dienone is 1. The number of H-pyrrole nitrogens is 1. The number of benzene rings is 1. The molecule has 1 aromatic carbocycles. The van der Waals surface area contributed by atoms with Gasteiger partial charge >= 0.3 is 0 Å². The normalized spacial score (nSPS) is 11.5. The van der Waals surface area contributed by atoms with Crippen LogP contribution in [-0.4, -0.2) is 4.98 Å². The highest BCUT2D eigenvalue weighted by Gasteiger charge is 2.04. The van der Waals surface area contributed by atoms with Crippen molar-refractivity contribution in [2.75, 3.05) is 0 Å². The van der Waals surface area contributed by atoms with Crippen molar-refractivity contribution in [1.82, 2.24) is 4.98 Å². The predicted octanol–water partition coefficient (Wildman–Crippen LogP) is 4.43. The van der Waals surface area contributed by atoms with Crippen molar-refractivity contribution in [1.29, 1.82) is 0 Å². The van der Waals surface area contributed by atoms with Crippen LogP contribution in [0, 0.1) is 6.92 Å². The molecular formula is C17H21NO. The predicted molar refractivity (Wildman–Crippen MR) is 82.5 cm³/mol. The first kappa shape index (κ1) is 13.6. The van der Waals surface area contributed by atoms with Crippen LogP contribution in [0.1, 0.15) is 43.9 Å². The summed E-state index contributed by atoms with van der Waals surface area (Å²) >= 11 is 0. The first-order valence-electron chi connectivity index (χ1n) is 7.02. The van der Waals surface area contributed by atoms with Crippen LogP contribution in [0.25, 0.3) is 17.0 Å². The van der Waals surface area contributed by atoms with Crippen molar-refractivity contribution in [3.63, 3.8) is 0 Å². The summed E-state index contributed by atoms with van der Waals surface area (Å²) in [5.74, 6) is 0. The standard InChI is InChI=1S/C17H21NO/c1-3-4-5-6-7-11-15-13(2)17(19)14-10-8-9-12-16(14)18-15/h7-12H,3-6H2,1-2H3,(H,18,19). The van der Waals surface area contributed by atoms with Crippen LogP contribution in [0.5, 0.6) is 0 Å². The lowest BCUT2D eigenvalue weighted by molar-refractivity contribution is 0.730. The lowest BCUT2D eigenvalue weighted by Crippen LogP contribution is -2.09. The van der Waals surface area contributed by atoms with Crippen LogP contribution >= 0.6 is 0 Å². The van der Waals surface area contributed by atoms with Gasteiger partial charge in [0.15, 0.2) is 5.43 Å². The van der Waals surface area contributed by atoms with Crippen LogP contribution in [0.2, 0.25) is 0 Å². The lowest BCUT2D eigenvalue weighted by Gasteiger charge is -2.04. The fourth-order valence-electron chi connectivity index (χ4n) is 2.23. The molecule has 2 heteroatoms. The Labute approximate surface area is 114 Å². The number of hydrogen-bond donors (Lipinski definition) is 1. The average Bonchev–Trinajstić information content (AvgIpc) is 2.44. The zero-order valence-electron chi connectivity index (χ0n) is 11.7. The van der Waals surface area contributed by atoms with E-state index in [1.54, 1.807) is 0 Å². The second kappa shape index (κ2) is 6.37. The number of hydrogen-bond acceptors (Lipinski definition) is 1. The topological polar surface area (TPSA) is 32.9 Å². The summed E-state index contributed by atoms with van der Waals surface area (Å²) < 4.78 is 0. The first-order chi connectivity index (χ1) is 9.24. The zero-order valence-corrected chi connectivity index (χ0v) is 11.7. The van der Waals surface area contributed by atoms with E-state index in [2.05, 4.69) is 18.0 Å². The molecule has 0 fully saturated rings. The number of aromatic amines is 1. The maximum Gasteiger partial charge on any atom is 0.192 e. The van der Waals surface area contributed by atoms with Gasteiger partial charge in [-0.05, 0) is 38.0 Å². The van der Waals surface area contributed by atoms with Crippen molar-refractivity contribution >= 4 is 17.0 Å². The van der Waals surface area contributed by atoms with Crippen molar-refractivity contribution in [3.05, 3.63) is 51.8 Å². The van der Waals surface area contributed by atoms with Crippen molar-refractivity contribution in [2.24, 2.45) is 0 Å². The van der Waals surface area contributed by atoms with E-state index in [-0.39, 0.29) is 5.43 Å². The average molecular weight is 255 g/mol. The number of unbranched alkanes of at least 4 members (excludes halogenated alkanes) is 3. The van der Waals surface area contributed by atoms with Gasteiger partial charge < -0.3 is 4.98 Å². The smallest absolute Gasteiger partial charge is 0.192 e. The Kier molecular flexibility index (Phi) is 4.56. The van der Waals surface area contributed by atoms with Crippen LogP contribution in [-0.2, 0) is 0 Å². The van der Waals surface area contributed by atoms with Gasteiger partial charge in [-0.2, -0.15) is 0 Å². The summed E-state index contributed by atoms with van der Waals surface area (Å²) in [6.07, 6.45) is 8.98. The minimum Gasteiger partial charge on any atom is -0.355 e. The molecule has 0 amide bonds. The van der Waals surface area contributed by atoms with Crippen LogP contribution in [0.15, 0.2) is 35.1 Å². The van der Waals surface area contributed by atoms with E-state index in [4.69, 9.17) is 0 Å². The maximum atomic E-state index is 12.2. The summed E-state index contributed by atoms with van der Waals surface area (Å²) in [5, 5.41) is 0.767. The third kappa shape index (κ3) is 3.14. The molecule has 0 aliphatic heterocycles. The summed E-state index contributed by atoms with van der Waals surface area (Å²) in [4.78, 5) is 15.6. The third-order valence-electron chi connectivity index (χ3n) is 3.44. The van der Waals surface area contributed by atoms with Gasteiger partial charge in [0.05, 0.1) is 0 Å². The monoisotopic (exact) mass is 255 g/mol. The fraction of sp³-hybridized carbons (Fsp3) is 0.353. The Balaban J connectivity index is 2.29. The van der Waals surface area contributed by atoms with Gasteiger partial charge in [-0.15, -0.1) is 0 Å². The largest absolute Gasteiger partial charge is 0.355 e. The molecule has 0 aliphatic carbocycles. The van der Waals surface area contributed by atoms with Gasteiger partial charge in [-0.25, -0.2) is 0 Å². The molecule has 0 bridgehead atoms. The number of fused-ring (bicyclic) bond motifs is 1. The molecule has 0 aliphatic rings. The Morgan fingerprint density at radius 3 is 2.79 bits per heavy atom. The zero-order chi connectivity index (χ0) is 13.7. The van der Waals surface area contributed by atoms with E-state index in [0.717, 1.165) is 28.6 Å². The second-order valence-corrected chi connectivity index (χ2v) is 4.94. The Morgan fingerprint density at radius 1 is 1.21 bits per heavy atom. The number of nitrogens with one attached hydrogen (secondary N) is 1. The molecule has 0 atom stereocenters. The molecule has 2 aromatic rings. The van der Waals surface area contributed by atoms with Crippen molar-refractivity contribution < 1.29 is 0 Å². The Morgan fingerprint density at radius 2 is 2.00 bits per heavy atom. The molecule has 0 unspecified atom stereocenters. The Hall–Kier alpha value is -1.83. The van der Waals surface area contributed by atoms with Crippen molar-refractivity contribution in [2.45, 2.75) is 39.5 Å². The maximum absolute atomic E-state index is 12.2. The molecule has 1 heterocycles. The highest BCUT2D eigenvalue weighted by atomic mass is 16.1. The van der Waals surface area contributed by atoms with E-state index >= 15 is 0 Å². The van der Waals surface area contributed by atoms with Gasteiger partial charge in [0.1, 0.15) is 0 Å². The summed E-state index contributed by atoms with van der Waals surface area (Å²) in [5.41, 5.74) is 2.76. The molecule has 2 nitrogen and oxygen atoms in total. The van der Waals surface area contributed by atoms with E-state index in [1.807, 2.05) is 37.3 Å². The summed E-state index contributed by atoms with van der Waals surface area (Å²) in [6.45, 7) is 4.09. The summed E-state index contributed by atoms with van der Waals surface area (Å²) in [7, 11) is 0. The molecule has 19 heavy (non-hydrogen) atoms. The third-order valence-corrected chi connectivity index (χ3v) is 3.44. The highest BCUT2D eigenvalue weighted by molar-refractivity contribution is 5.80. The molecule has 100 valence electrons. The van der Waals surface area contributed by atoms with E-state index in [0.29, 0.717) is 0 Å². The van der Waals surface area contributed by atoms with Crippen LogP contribution in [0.4, 0.5) is 0 Å². The fourth-order valence-corrected chi connectivity index (χ4v) is 2.23. The van der Waals surface area contributed by atoms with E-state index in [9.17, 15) is 4.79 Å². The van der Waals surface area contributed by atoms with Gasteiger partial charge in [-0.3, -0.25) is 4.79 Å². The lowest BCUT2D eigenvalue weighted by atomic mass is 10.1. The van der Waals surface area contributed by atoms with E-state index < -0.39 is 0 Å². The minimum atomic E-state index is 0.127. The second-order valence-electron chi connectivity index (χ2n) is 4.94. The molecule has 1 N–H and O–H groups in total. The quantitative estimate of drug-likeness (QED) is 0.788. The molecule has 0 saturated heterocycles. The Bertz CT molecular complexity index is 637. The SMILES string of the molecule is CCCCCC=Cc1[nH]c2ccccc2c(=O)c1C. The van der Waals surface area contributed by atoms with Gasteiger partial charge in [-0.1, -0.05) is 38.0 Å². The van der Waals surface area contributed by atoms with Crippen LogP contribution in [0.3, 0.4) is 0 Å². The highest BCUT2D eigenvalue weighted by Crippen LogP contribution is 2.12. The first-order valence-corrected chi connectivity index (χ1v) is 7.02. The number of rotatable bonds is 5.